The minimum atomic E-state index is -0.369. The SMILES string of the molecule is Cc1c(C2=CC=CCC2)c(OC(C)C)nn1N[C@H](C=O)Cc1ccccc1. The van der Waals surface area contributed by atoms with Crippen molar-refractivity contribution in [3.63, 3.8) is 0 Å². The van der Waals surface area contributed by atoms with Crippen LogP contribution in [-0.4, -0.2) is 28.3 Å². The maximum atomic E-state index is 11.6. The van der Waals surface area contributed by atoms with Gasteiger partial charge in [0.15, 0.2) is 0 Å². The topological polar surface area (TPSA) is 56.1 Å². The van der Waals surface area contributed by atoms with Crippen LogP contribution in [0.25, 0.3) is 5.57 Å². The molecule has 0 bridgehead atoms. The van der Waals surface area contributed by atoms with Crippen LogP contribution in [0.4, 0.5) is 0 Å². The molecule has 0 spiro atoms. The standard InChI is InChI=1S/C22H27N3O2/c1-16(2)27-22-21(19-12-8-5-9-13-19)17(3)25(24-22)23-20(15-26)14-18-10-6-4-7-11-18/h4-8,10-12,15-16,20,23H,9,13-14H2,1-3H3/t20-/m0/s1. The van der Waals surface area contributed by atoms with Crippen molar-refractivity contribution in [3.8, 4) is 5.88 Å². The third-order valence-electron chi connectivity index (χ3n) is 4.52. The van der Waals surface area contributed by atoms with Crippen molar-refractivity contribution >= 4 is 11.9 Å². The van der Waals surface area contributed by atoms with Crippen molar-refractivity contribution in [1.82, 2.24) is 9.89 Å². The zero-order valence-corrected chi connectivity index (χ0v) is 16.2. The Labute approximate surface area is 160 Å². The molecule has 1 aromatic heterocycles. The number of hydrogen-bond donors (Lipinski definition) is 1. The number of ether oxygens (including phenoxy) is 1. The molecule has 0 aliphatic heterocycles. The van der Waals surface area contributed by atoms with Crippen LogP contribution in [0.15, 0.2) is 48.6 Å². The van der Waals surface area contributed by atoms with E-state index in [0.29, 0.717) is 12.3 Å². The van der Waals surface area contributed by atoms with Crippen LogP contribution in [-0.2, 0) is 11.2 Å². The summed E-state index contributed by atoms with van der Waals surface area (Å²) in [4.78, 5) is 13.3. The number of carbonyl (C=O) groups is 1. The Morgan fingerprint density at radius 1 is 1.30 bits per heavy atom. The molecule has 0 fully saturated rings. The molecule has 27 heavy (non-hydrogen) atoms. The fourth-order valence-corrected chi connectivity index (χ4v) is 3.24. The first-order chi connectivity index (χ1) is 13.1. The van der Waals surface area contributed by atoms with Crippen molar-refractivity contribution in [2.75, 3.05) is 5.43 Å². The predicted octanol–water partition coefficient (Wildman–Crippen LogP) is 4.07. The molecule has 1 aliphatic carbocycles. The summed E-state index contributed by atoms with van der Waals surface area (Å²) in [5.41, 5.74) is 7.52. The number of hydrogen-bond acceptors (Lipinski definition) is 4. The van der Waals surface area contributed by atoms with E-state index >= 15 is 0 Å². The maximum Gasteiger partial charge on any atom is 0.243 e. The first kappa shape index (κ1) is 19.0. The van der Waals surface area contributed by atoms with E-state index < -0.39 is 0 Å². The van der Waals surface area contributed by atoms with E-state index in [9.17, 15) is 4.79 Å². The number of rotatable bonds is 8. The lowest BCUT2D eigenvalue weighted by atomic mass is 9.97. The van der Waals surface area contributed by atoms with Gasteiger partial charge in [-0.1, -0.05) is 48.6 Å². The van der Waals surface area contributed by atoms with Gasteiger partial charge in [-0.2, -0.15) is 4.79 Å². The van der Waals surface area contributed by atoms with Gasteiger partial charge in [0.25, 0.3) is 0 Å². The lowest BCUT2D eigenvalue weighted by Crippen LogP contribution is -2.32. The molecule has 0 radical (unpaired) electrons. The number of benzene rings is 1. The second kappa shape index (κ2) is 8.71. The number of aromatic nitrogens is 2. The predicted molar refractivity (Wildman–Crippen MR) is 108 cm³/mol. The van der Waals surface area contributed by atoms with Crippen LogP contribution < -0.4 is 10.2 Å². The number of allylic oxidation sites excluding steroid dienone is 4. The minimum Gasteiger partial charge on any atom is -0.473 e. The highest BCUT2D eigenvalue weighted by Gasteiger charge is 2.22. The zero-order valence-electron chi connectivity index (χ0n) is 16.2. The molecule has 1 heterocycles. The van der Waals surface area contributed by atoms with Crippen molar-refractivity contribution in [2.45, 2.75) is 52.2 Å². The van der Waals surface area contributed by atoms with Crippen LogP contribution in [0.2, 0.25) is 0 Å². The maximum absolute atomic E-state index is 11.6. The second-order valence-corrected chi connectivity index (χ2v) is 7.06. The molecule has 1 aromatic carbocycles. The van der Waals surface area contributed by atoms with E-state index in [2.05, 4.69) is 28.8 Å². The number of nitrogens with zero attached hydrogens (tertiary/aromatic N) is 2. The normalized spacial score (nSPS) is 14.7. The average Bonchev–Trinajstić information content (AvgIpc) is 2.97. The Morgan fingerprint density at radius 3 is 2.70 bits per heavy atom. The molecule has 0 amide bonds. The second-order valence-electron chi connectivity index (χ2n) is 7.06. The number of nitrogens with one attached hydrogen (secondary N) is 1. The Kier molecular flexibility index (Phi) is 6.12. The zero-order chi connectivity index (χ0) is 19.2. The van der Waals surface area contributed by atoms with Gasteiger partial charge in [-0.15, -0.1) is 5.10 Å². The molecule has 5 heteroatoms. The van der Waals surface area contributed by atoms with Crippen molar-refractivity contribution < 1.29 is 9.53 Å². The molecule has 3 rings (SSSR count). The Balaban J connectivity index is 1.88. The van der Waals surface area contributed by atoms with E-state index in [1.165, 1.54) is 5.57 Å². The van der Waals surface area contributed by atoms with Crippen molar-refractivity contribution in [3.05, 3.63) is 65.4 Å². The Morgan fingerprint density at radius 2 is 2.07 bits per heavy atom. The molecule has 1 N–H and O–H groups in total. The van der Waals surface area contributed by atoms with Crippen molar-refractivity contribution in [1.29, 1.82) is 0 Å². The van der Waals surface area contributed by atoms with Gasteiger partial charge in [-0.3, -0.25) is 5.43 Å². The molecule has 0 saturated heterocycles. The first-order valence-electron chi connectivity index (χ1n) is 9.46. The van der Waals surface area contributed by atoms with E-state index in [-0.39, 0.29) is 12.1 Å². The van der Waals surface area contributed by atoms with Gasteiger partial charge < -0.3 is 9.53 Å². The highest BCUT2D eigenvalue weighted by molar-refractivity contribution is 5.73. The summed E-state index contributed by atoms with van der Waals surface area (Å²) in [6.45, 7) is 5.99. The molecule has 142 valence electrons. The van der Waals surface area contributed by atoms with Gasteiger partial charge in [0.2, 0.25) is 5.88 Å². The monoisotopic (exact) mass is 365 g/mol. The van der Waals surface area contributed by atoms with Gasteiger partial charge in [0.1, 0.15) is 12.3 Å². The van der Waals surface area contributed by atoms with E-state index in [1.54, 1.807) is 4.79 Å². The quantitative estimate of drug-likeness (QED) is 0.717. The number of aldehydes is 1. The lowest BCUT2D eigenvalue weighted by molar-refractivity contribution is -0.108. The highest BCUT2D eigenvalue weighted by atomic mass is 16.5. The molecule has 1 atom stereocenters. The largest absolute Gasteiger partial charge is 0.473 e. The van der Waals surface area contributed by atoms with Crippen LogP contribution in [0.5, 0.6) is 5.88 Å². The third kappa shape index (κ3) is 4.67. The van der Waals surface area contributed by atoms with Gasteiger partial charge in [0, 0.05) is 6.42 Å². The summed E-state index contributed by atoms with van der Waals surface area (Å²) >= 11 is 0. The van der Waals surface area contributed by atoms with Gasteiger partial charge in [0.05, 0.1) is 17.4 Å². The smallest absolute Gasteiger partial charge is 0.243 e. The fourth-order valence-electron chi connectivity index (χ4n) is 3.24. The van der Waals surface area contributed by atoms with Gasteiger partial charge in [-0.25, -0.2) is 0 Å². The molecule has 2 aromatic rings. The molecule has 5 nitrogen and oxygen atoms in total. The average molecular weight is 365 g/mol. The summed E-state index contributed by atoms with van der Waals surface area (Å²) in [6, 6.07) is 9.60. The van der Waals surface area contributed by atoms with E-state index in [0.717, 1.165) is 35.9 Å². The highest BCUT2D eigenvalue weighted by Crippen LogP contribution is 2.33. The molecule has 0 saturated carbocycles. The summed E-state index contributed by atoms with van der Waals surface area (Å²) in [6.07, 6.45) is 9.88. The molecular formula is C22H27N3O2. The van der Waals surface area contributed by atoms with Crippen molar-refractivity contribution in [2.24, 2.45) is 0 Å². The summed E-state index contributed by atoms with van der Waals surface area (Å²) in [7, 11) is 0. The van der Waals surface area contributed by atoms with Crippen LogP contribution in [0, 0.1) is 6.92 Å². The van der Waals surface area contributed by atoms with E-state index in [4.69, 9.17) is 4.74 Å². The molecular weight excluding hydrogens is 338 g/mol. The lowest BCUT2D eigenvalue weighted by Gasteiger charge is -2.16. The fraction of sp³-hybridized carbons (Fsp3) is 0.364. The van der Waals surface area contributed by atoms with E-state index in [1.807, 2.05) is 51.1 Å². The minimum absolute atomic E-state index is 0.0254. The van der Waals surface area contributed by atoms with Gasteiger partial charge >= 0.3 is 0 Å². The Bertz CT molecular complexity index is 835. The summed E-state index contributed by atoms with van der Waals surface area (Å²) in [5.74, 6) is 0.612. The van der Waals surface area contributed by atoms with Crippen LogP contribution in [0.1, 0.15) is 43.5 Å². The molecule has 1 aliphatic rings. The summed E-state index contributed by atoms with van der Waals surface area (Å²) in [5, 5.41) is 4.61. The first-order valence-corrected chi connectivity index (χ1v) is 9.46. The van der Waals surface area contributed by atoms with Crippen LogP contribution >= 0.6 is 0 Å². The van der Waals surface area contributed by atoms with Gasteiger partial charge in [-0.05, 0) is 44.7 Å². The Hall–Kier alpha value is -2.82. The van der Waals surface area contributed by atoms with Crippen LogP contribution in [0.3, 0.4) is 0 Å². The number of carbonyl (C=O) groups excluding carboxylic acids is 1. The summed E-state index contributed by atoms with van der Waals surface area (Å²) < 4.78 is 5.97. The third-order valence-corrected chi connectivity index (χ3v) is 4.52. The molecule has 0 unspecified atom stereocenters.